The maximum absolute atomic E-state index is 13.3. The summed E-state index contributed by atoms with van der Waals surface area (Å²) in [6, 6.07) is 3.91. The van der Waals surface area contributed by atoms with Gasteiger partial charge in [0.05, 0.1) is 19.6 Å². The molecular weight excluding hydrogens is 241 g/mol. The van der Waals surface area contributed by atoms with Crippen molar-refractivity contribution in [3.8, 4) is 5.75 Å². The first-order valence-electron chi connectivity index (χ1n) is 5.43. The molecule has 1 amide bonds. The number of carbonyl (C=O) groups excluding carboxylic acids is 2. The molecule has 0 aromatic heterocycles. The van der Waals surface area contributed by atoms with Crippen molar-refractivity contribution in [1.29, 1.82) is 0 Å². The Balaban J connectivity index is 2.65. The van der Waals surface area contributed by atoms with Crippen LogP contribution in [0.5, 0.6) is 5.75 Å². The van der Waals surface area contributed by atoms with Gasteiger partial charge in [0.25, 0.3) is 5.91 Å². The van der Waals surface area contributed by atoms with Gasteiger partial charge in [-0.25, -0.2) is 4.39 Å². The van der Waals surface area contributed by atoms with Crippen molar-refractivity contribution in [2.24, 2.45) is 5.73 Å². The van der Waals surface area contributed by atoms with Crippen molar-refractivity contribution in [1.82, 2.24) is 0 Å². The van der Waals surface area contributed by atoms with Crippen LogP contribution < -0.4 is 10.5 Å². The number of benzene rings is 1. The number of amides is 1. The number of primary amides is 1. The molecule has 98 valence electrons. The summed E-state index contributed by atoms with van der Waals surface area (Å²) in [7, 11) is 0. The van der Waals surface area contributed by atoms with Gasteiger partial charge in [0.15, 0.2) is 0 Å². The zero-order valence-electron chi connectivity index (χ0n) is 9.94. The molecule has 6 heteroatoms. The van der Waals surface area contributed by atoms with Gasteiger partial charge in [-0.1, -0.05) is 6.07 Å². The molecule has 0 saturated heterocycles. The molecule has 0 aliphatic carbocycles. The molecule has 1 aromatic carbocycles. The van der Waals surface area contributed by atoms with Crippen molar-refractivity contribution >= 4 is 11.9 Å². The van der Waals surface area contributed by atoms with Crippen LogP contribution in [0, 0.1) is 5.82 Å². The molecule has 1 aromatic rings. The van der Waals surface area contributed by atoms with E-state index in [1.165, 1.54) is 12.1 Å². The van der Waals surface area contributed by atoms with E-state index in [0.29, 0.717) is 0 Å². The van der Waals surface area contributed by atoms with E-state index in [-0.39, 0.29) is 30.9 Å². The van der Waals surface area contributed by atoms with Crippen LogP contribution in [-0.4, -0.2) is 25.1 Å². The summed E-state index contributed by atoms with van der Waals surface area (Å²) in [6.07, 6.45) is 0.0164. The number of ether oxygens (including phenoxy) is 2. The largest absolute Gasteiger partial charge is 0.492 e. The van der Waals surface area contributed by atoms with Crippen LogP contribution in [0.15, 0.2) is 18.2 Å². The van der Waals surface area contributed by atoms with E-state index < -0.39 is 17.7 Å². The molecule has 0 aliphatic rings. The Morgan fingerprint density at radius 3 is 2.72 bits per heavy atom. The van der Waals surface area contributed by atoms with E-state index >= 15 is 0 Å². The Bertz CT molecular complexity index is 448. The summed E-state index contributed by atoms with van der Waals surface area (Å²) in [5, 5.41) is 0. The number of halogens is 1. The molecule has 0 atom stereocenters. The average Bonchev–Trinajstić information content (AvgIpc) is 2.28. The number of nitrogens with two attached hydrogens (primary N) is 1. The van der Waals surface area contributed by atoms with Crippen molar-refractivity contribution in [3.05, 3.63) is 29.6 Å². The van der Waals surface area contributed by atoms with Crippen molar-refractivity contribution in [2.75, 3.05) is 13.2 Å². The van der Waals surface area contributed by atoms with Gasteiger partial charge in [0, 0.05) is 0 Å². The molecule has 2 N–H and O–H groups in total. The Hall–Kier alpha value is -2.11. The zero-order chi connectivity index (χ0) is 13.5. The quantitative estimate of drug-likeness (QED) is 0.776. The highest BCUT2D eigenvalue weighted by Crippen LogP contribution is 2.20. The van der Waals surface area contributed by atoms with Gasteiger partial charge in [-0.15, -0.1) is 0 Å². The molecule has 0 fully saturated rings. The first-order chi connectivity index (χ1) is 8.56. The molecule has 0 bridgehead atoms. The zero-order valence-corrected chi connectivity index (χ0v) is 9.94. The van der Waals surface area contributed by atoms with Crippen LogP contribution in [0.25, 0.3) is 0 Å². The SMILES string of the molecule is CCOC(=O)CCOc1cccc(F)c1C(N)=O. The van der Waals surface area contributed by atoms with E-state index in [1.807, 2.05) is 0 Å². The number of esters is 1. The first-order valence-corrected chi connectivity index (χ1v) is 5.43. The van der Waals surface area contributed by atoms with Crippen molar-refractivity contribution in [2.45, 2.75) is 13.3 Å². The molecule has 0 aliphatic heterocycles. The Labute approximate surface area is 104 Å². The Morgan fingerprint density at radius 1 is 1.39 bits per heavy atom. The van der Waals surface area contributed by atoms with Gasteiger partial charge >= 0.3 is 5.97 Å². The number of carbonyl (C=O) groups is 2. The standard InChI is InChI=1S/C12H14FNO4/c1-2-17-10(15)6-7-18-9-5-3-4-8(13)11(9)12(14)16/h3-5H,2,6-7H2,1H3,(H2,14,16). The predicted octanol–water partition coefficient (Wildman–Crippen LogP) is 1.26. The second-order valence-electron chi connectivity index (χ2n) is 3.38. The predicted molar refractivity (Wildman–Crippen MR) is 61.7 cm³/mol. The minimum Gasteiger partial charge on any atom is -0.492 e. The van der Waals surface area contributed by atoms with Crippen molar-refractivity contribution < 1.29 is 23.5 Å². The van der Waals surface area contributed by atoms with Gasteiger partial charge in [0.1, 0.15) is 17.1 Å². The van der Waals surface area contributed by atoms with Gasteiger partial charge < -0.3 is 15.2 Å². The normalized spacial score (nSPS) is 9.89. The third-order valence-electron chi connectivity index (χ3n) is 2.09. The lowest BCUT2D eigenvalue weighted by atomic mass is 10.2. The first kappa shape index (κ1) is 14.0. The summed E-state index contributed by atoms with van der Waals surface area (Å²) in [4.78, 5) is 22.1. The van der Waals surface area contributed by atoms with Gasteiger partial charge in [-0.05, 0) is 19.1 Å². The molecule has 0 radical (unpaired) electrons. The Kier molecular flexibility index (Phi) is 5.10. The number of hydrogen-bond acceptors (Lipinski definition) is 4. The summed E-state index contributed by atoms with van der Waals surface area (Å²) in [5.74, 6) is -2.07. The Morgan fingerprint density at radius 2 is 2.11 bits per heavy atom. The lowest BCUT2D eigenvalue weighted by Gasteiger charge is -2.09. The maximum Gasteiger partial charge on any atom is 0.309 e. The second kappa shape index (κ2) is 6.58. The maximum atomic E-state index is 13.3. The topological polar surface area (TPSA) is 78.6 Å². The summed E-state index contributed by atoms with van der Waals surface area (Å²) in [5.41, 5.74) is 4.73. The van der Waals surface area contributed by atoms with Gasteiger partial charge in [0.2, 0.25) is 0 Å². The monoisotopic (exact) mass is 255 g/mol. The minimum absolute atomic E-state index is 0.0113. The summed E-state index contributed by atoms with van der Waals surface area (Å²) in [6.45, 7) is 1.96. The smallest absolute Gasteiger partial charge is 0.309 e. The highest BCUT2D eigenvalue weighted by Gasteiger charge is 2.15. The van der Waals surface area contributed by atoms with Crippen LogP contribution >= 0.6 is 0 Å². The second-order valence-corrected chi connectivity index (χ2v) is 3.38. The van der Waals surface area contributed by atoms with Crippen LogP contribution in [0.3, 0.4) is 0 Å². The number of hydrogen-bond donors (Lipinski definition) is 1. The van der Waals surface area contributed by atoms with Crippen molar-refractivity contribution in [3.63, 3.8) is 0 Å². The molecule has 0 spiro atoms. The fourth-order valence-corrected chi connectivity index (χ4v) is 1.34. The average molecular weight is 255 g/mol. The van der Waals surface area contributed by atoms with Crippen LogP contribution in [-0.2, 0) is 9.53 Å². The number of rotatable bonds is 6. The van der Waals surface area contributed by atoms with E-state index in [2.05, 4.69) is 0 Å². The molecule has 0 unspecified atom stereocenters. The molecular formula is C12H14FNO4. The van der Waals surface area contributed by atoms with E-state index in [9.17, 15) is 14.0 Å². The van der Waals surface area contributed by atoms with Gasteiger partial charge in [-0.3, -0.25) is 9.59 Å². The van der Waals surface area contributed by atoms with E-state index in [4.69, 9.17) is 15.2 Å². The molecule has 0 heterocycles. The summed E-state index contributed by atoms with van der Waals surface area (Å²) < 4.78 is 23.2. The van der Waals surface area contributed by atoms with Crippen LogP contribution in [0.4, 0.5) is 4.39 Å². The van der Waals surface area contributed by atoms with Crippen LogP contribution in [0.1, 0.15) is 23.7 Å². The van der Waals surface area contributed by atoms with Crippen LogP contribution in [0.2, 0.25) is 0 Å². The molecule has 18 heavy (non-hydrogen) atoms. The molecule has 1 rings (SSSR count). The lowest BCUT2D eigenvalue weighted by Crippen LogP contribution is -2.16. The highest BCUT2D eigenvalue weighted by atomic mass is 19.1. The lowest BCUT2D eigenvalue weighted by molar-refractivity contribution is -0.143. The minimum atomic E-state index is -0.917. The highest BCUT2D eigenvalue weighted by molar-refractivity contribution is 5.95. The fourth-order valence-electron chi connectivity index (χ4n) is 1.34. The molecule has 0 saturated carbocycles. The third-order valence-corrected chi connectivity index (χ3v) is 2.09. The van der Waals surface area contributed by atoms with E-state index in [0.717, 1.165) is 6.07 Å². The molecule has 5 nitrogen and oxygen atoms in total. The fraction of sp³-hybridized carbons (Fsp3) is 0.333. The van der Waals surface area contributed by atoms with E-state index in [1.54, 1.807) is 6.92 Å². The summed E-state index contributed by atoms with van der Waals surface area (Å²) >= 11 is 0. The third kappa shape index (κ3) is 3.73. The van der Waals surface area contributed by atoms with Gasteiger partial charge in [-0.2, -0.15) is 0 Å².